The number of carbonyl (C=O) groups excluding carboxylic acids is 1. The minimum absolute atomic E-state index is 0.232. The third kappa shape index (κ3) is 1.17. The maximum Gasteiger partial charge on any atom is 0.136 e. The molecule has 0 aromatic rings. The molecule has 1 aliphatic rings. The van der Waals surface area contributed by atoms with Crippen molar-refractivity contribution in [1.82, 2.24) is 0 Å². The SMILES string of the molecule is CSCC1(C#N)CC(=O)C1. The number of ketones is 1. The number of thioether (sulfide) groups is 1. The second-order valence-corrected chi connectivity index (χ2v) is 3.58. The van der Waals surface area contributed by atoms with Crippen molar-refractivity contribution in [2.75, 3.05) is 12.0 Å². The van der Waals surface area contributed by atoms with Gasteiger partial charge < -0.3 is 0 Å². The molecule has 0 aromatic heterocycles. The molecule has 0 radical (unpaired) electrons. The fraction of sp³-hybridized carbons (Fsp3) is 0.714. The molecule has 0 atom stereocenters. The van der Waals surface area contributed by atoms with E-state index in [4.69, 9.17) is 5.26 Å². The van der Waals surface area contributed by atoms with Crippen LogP contribution in [-0.2, 0) is 4.79 Å². The summed E-state index contributed by atoms with van der Waals surface area (Å²) in [5, 5.41) is 8.67. The van der Waals surface area contributed by atoms with E-state index in [-0.39, 0.29) is 11.2 Å². The van der Waals surface area contributed by atoms with Crippen LogP contribution in [0, 0.1) is 16.7 Å². The third-order valence-electron chi connectivity index (χ3n) is 1.73. The molecule has 0 bridgehead atoms. The topological polar surface area (TPSA) is 40.9 Å². The van der Waals surface area contributed by atoms with Gasteiger partial charge in [0.15, 0.2) is 0 Å². The lowest BCUT2D eigenvalue weighted by Crippen LogP contribution is -2.38. The summed E-state index contributed by atoms with van der Waals surface area (Å²) in [5.74, 6) is 1.03. The molecule has 0 heterocycles. The first-order valence-corrected chi connectivity index (χ1v) is 4.54. The van der Waals surface area contributed by atoms with Crippen molar-refractivity contribution in [1.29, 1.82) is 5.26 Å². The molecule has 1 aliphatic carbocycles. The van der Waals surface area contributed by atoms with Crippen LogP contribution in [0.1, 0.15) is 12.8 Å². The quantitative estimate of drug-likeness (QED) is 0.602. The molecule has 0 unspecified atom stereocenters. The van der Waals surface area contributed by atoms with Gasteiger partial charge in [0.2, 0.25) is 0 Å². The van der Waals surface area contributed by atoms with E-state index in [0.29, 0.717) is 12.8 Å². The van der Waals surface area contributed by atoms with Gasteiger partial charge in [-0.1, -0.05) is 0 Å². The summed E-state index contributed by atoms with van der Waals surface area (Å²) in [4.78, 5) is 10.6. The Balaban J connectivity index is 2.50. The van der Waals surface area contributed by atoms with E-state index in [1.807, 2.05) is 6.26 Å². The number of nitriles is 1. The lowest BCUT2D eigenvalue weighted by Gasteiger charge is -2.32. The van der Waals surface area contributed by atoms with E-state index in [2.05, 4.69) is 6.07 Å². The highest BCUT2D eigenvalue weighted by Crippen LogP contribution is 2.39. The maximum absolute atomic E-state index is 10.6. The van der Waals surface area contributed by atoms with Crippen molar-refractivity contribution in [3.63, 3.8) is 0 Å². The van der Waals surface area contributed by atoms with Gasteiger partial charge in [-0.25, -0.2) is 0 Å². The highest BCUT2D eigenvalue weighted by Gasteiger charge is 2.43. The van der Waals surface area contributed by atoms with Crippen LogP contribution in [0.25, 0.3) is 0 Å². The molecule has 10 heavy (non-hydrogen) atoms. The molecule has 0 N–H and O–H groups in total. The van der Waals surface area contributed by atoms with Gasteiger partial charge in [-0.05, 0) is 6.26 Å². The minimum atomic E-state index is -0.295. The lowest BCUT2D eigenvalue weighted by atomic mass is 9.70. The smallest absolute Gasteiger partial charge is 0.136 e. The standard InChI is InChI=1S/C7H9NOS/c1-10-5-7(4-8)2-6(9)3-7/h2-3,5H2,1H3. The van der Waals surface area contributed by atoms with Crippen molar-refractivity contribution in [2.45, 2.75) is 12.8 Å². The van der Waals surface area contributed by atoms with Crippen molar-refractivity contribution in [3.05, 3.63) is 0 Å². The molecule has 1 rings (SSSR count). The highest BCUT2D eigenvalue weighted by molar-refractivity contribution is 7.98. The Kier molecular flexibility index (Phi) is 2.00. The van der Waals surface area contributed by atoms with E-state index in [0.717, 1.165) is 5.75 Å². The van der Waals surface area contributed by atoms with Crippen molar-refractivity contribution in [2.24, 2.45) is 5.41 Å². The van der Waals surface area contributed by atoms with Gasteiger partial charge in [-0.15, -0.1) is 0 Å². The Morgan fingerprint density at radius 3 is 2.70 bits per heavy atom. The summed E-state index contributed by atoms with van der Waals surface area (Å²) in [6, 6.07) is 2.20. The summed E-state index contributed by atoms with van der Waals surface area (Å²) < 4.78 is 0. The van der Waals surface area contributed by atoms with Crippen LogP contribution in [0.15, 0.2) is 0 Å². The number of Topliss-reactive ketones (excluding diaryl/α,β-unsaturated/α-hetero) is 1. The fourth-order valence-electron chi connectivity index (χ4n) is 1.19. The van der Waals surface area contributed by atoms with Crippen LogP contribution >= 0.6 is 11.8 Å². The molecule has 54 valence electrons. The number of hydrogen-bond donors (Lipinski definition) is 0. The molecule has 0 saturated heterocycles. The molecular weight excluding hydrogens is 146 g/mol. The Hall–Kier alpha value is -0.490. The van der Waals surface area contributed by atoms with Crippen molar-refractivity contribution >= 4 is 17.5 Å². The van der Waals surface area contributed by atoms with Gasteiger partial charge in [0.1, 0.15) is 5.78 Å². The molecule has 0 aliphatic heterocycles. The second kappa shape index (κ2) is 2.63. The molecule has 1 fully saturated rings. The first-order chi connectivity index (χ1) is 4.72. The summed E-state index contributed by atoms with van der Waals surface area (Å²) >= 11 is 1.64. The van der Waals surface area contributed by atoms with Gasteiger partial charge in [-0.2, -0.15) is 17.0 Å². The Morgan fingerprint density at radius 1 is 1.80 bits per heavy atom. The lowest BCUT2D eigenvalue weighted by molar-refractivity contribution is -0.128. The van der Waals surface area contributed by atoms with Crippen LogP contribution in [-0.4, -0.2) is 17.8 Å². The van der Waals surface area contributed by atoms with Crippen LogP contribution < -0.4 is 0 Å². The zero-order chi connectivity index (χ0) is 7.61. The van der Waals surface area contributed by atoms with Crippen LogP contribution in [0.4, 0.5) is 0 Å². The van der Waals surface area contributed by atoms with Crippen molar-refractivity contribution in [3.8, 4) is 6.07 Å². The monoisotopic (exact) mass is 155 g/mol. The number of carbonyl (C=O) groups is 1. The number of rotatable bonds is 2. The molecule has 2 nitrogen and oxygen atoms in total. The zero-order valence-electron chi connectivity index (χ0n) is 5.89. The first kappa shape index (κ1) is 7.62. The fourth-order valence-corrected chi connectivity index (χ4v) is 2.01. The summed E-state index contributed by atoms with van der Waals surface area (Å²) in [5.41, 5.74) is -0.295. The molecule has 0 spiro atoms. The molecule has 3 heteroatoms. The normalized spacial score (nSPS) is 21.4. The molecule has 0 amide bonds. The van der Waals surface area contributed by atoms with E-state index in [9.17, 15) is 4.79 Å². The molecule has 1 saturated carbocycles. The largest absolute Gasteiger partial charge is 0.300 e. The average molecular weight is 155 g/mol. The Morgan fingerprint density at radius 2 is 2.40 bits per heavy atom. The predicted octanol–water partition coefficient (Wildman–Crippen LogP) is 1.22. The zero-order valence-corrected chi connectivity index (χ0v) is 6.70. The average Bonchev–Trinajstić information content (AvgIpc) is 1.84. The first-order valence-electron chi connectivity index (χ1n) is 3.14. The van der Waals surface area contributed by atoms with Gasteiger partial charge in [0.25, 0.3) is 0 Å². The van der Waals surface area contributed by atoms with Gasteiger partial charge in [0, 0.05) is 18.6 Å². The Labute approximate surface area is 64.6 Å². The van der Waals surface area contributed by atoms with Crippen LogP contribution in [0.2, 0.25) is 0 Å². The van der Waals surface area contributed by atoms with Crippen LogP contribution in [0.5, 0.6) is 0 Å². The summed E-state index contributed by atoms with van der Waals surface area (Å²) in [6.07, 6.45) is 2.91. The van der Waals surface area contributed by atoms with E-state index < -0.39 is 0 Å². The summed E-state index contributed by atoms with van der Waals surface area (Å²) in [7, 11) is 0. The molecule has 0 aromatic carbocycles. The number of hydrogen-bond acceptors (Lipinski definition) is 3. The molecular formula is C7H9NOS. The predicted molar refractivity (Wildman–Crippen MR) is 40.7 cm³/mol. The highest BCUT2D eigenvalue weighted by atomic mass is 32.2. The van der Waals surface area contributed by atoms with E-state index in [1.54, 1.807) is 11.8 Å². The van der Waals surface area contributed by atoms with Gasteiger partial charge in [0.05, 0.1) is 11.5 Å². The second-order valence-electron chi connectivity index (χ2n) is 2.72. The summed E-state index contributed by atoms with van der Waals surface area (Å²) in [6.45, 7) is 0. The van der Waals surface area contributed by atoms with E-state index in [1.165, 1.54) is 0 Å². The van der Waals surface area contributed by atoms with Crippen LogP contribution in [0.3, 0.4) is 0 Å². The number of nitrogens with zero attached hydrogens (tertiary/aromatic N) is 1. The van der Waals surface area contributed by atoms with Crippen molar-refractivity contribution < 1.29 is 4.79 Å². The minimum Gasteiger partial charge on any atom is -0.300 e. The van der Waals surface area contributed by atoms with Gasteiger partial charge in [-0.3, -0.25) is 4.79 Å². The van der Waals surface area contributed by atoms with Gasteiger partial charge >= 0.3 is 0 Å². The third-order valence-corrected chi connectivity index (χ3v) is 2.57. The Bertz CT molecular complexity index is 186. The maximum atomic E-state index is 10.6. The van der Waals surface area contributed by atoms with E-state index >= 15 is 0 Å².